The van der Waals surface area contributed by atoms with Crippen LogP contribution < -0.4 is 10.1 Å². The van der Waals surface area contributed by atoms with E-state index < -0.39 is 0 Å². The summed E-state index contributed by atoms with van der Waals surface area (Å²) in [4.78, 5) is 0. The van der Waals surface area contributed by atoms with E-state index in [1.165, 1.54) is 0 Å². The van der Waals surface area contributed by atoms with Gasteiger partial charge in [-0.15, -0.1) is 0 Å². The molecule has 2 aromatic rings. The second-order valence-corrected chi connectivity index (χ2v) is 7.21. The third kappa shape index (κ3) is 5.03. The number of hydrogen-bond donors (Lipinski definition) is 1. The SMILES string of the molecule is CC(C)(C)NCc1cccc(Cl)c1Oc1cccc(Br)c1. The van der Waals surface area contributed by atoms with Crippen LogP contribution in [0.25, 0.3) is 0 Å². The maximum absolute atomic E-state index is 6.30. The van der Waals surface area contributed by atoms with Gasteiger partial charge in [-0.3, -0.25) is 0 Å². The van der Waals surface area contributed by atoms with E-state index in [2.05, 4.69) is 42.0 Å². The molecule has 0 heterocycles. The number of hydrogen-bond acceptors (Lipinski definition) is 2. The van der Waals surface area contributed by atoms with Crippen molar-refractivity contribution in [2.75, 3.05) is 0 Å². The van der Waals surface area contributed by atoms with Crippen molar-refractivity contribution in [3.63, 3.8) is 0 Å². The van der Waals surface area contributed by atoms with Gasteiger partial charge in [0.15, 0.2) is 0 Å². The average molecular weight is 369 g/mol. The van der Waals surface area contributed by atoms with Gasteiger partial charge in [0, 0.05) is 22.1 Å². The second-order valence-electron chi connectivity index (χ2n) is 5.89. The Labute approximate surface area is 139 Å². The molecule has 112 valence electrons. The molecule has 0 spiro atoms. The molecule has 0 aromatic heterocycles. The molecular weight excluding hydrogens is 350 g/mol. The van der Waals surface area contributed by atoms with E-state index in [1.807, 2.05) is 42.5 Å². The molecule has 0 saturated carbocycles. The van der Waals surface area contributed by atoms with Crippen LogP contribution in [0.15, 0.2) is 46.9 Å². The minimum Gasteiger partial charge on any atom is -0.455 e. The van der Waals surface area contributed by atoms with E-state index in [4.69, 9.17) is 16.3 Å². The van der Waals surface area contributed by atoms with Gasteiger partial charge in [0.1, 0.15) is 11.5 Å². The molecule has 2 rings (SSSR count). The molecule has 0 fully saturated rings. The van der Waals surface area contributed by atoms with Crippen molar-refractivity contribution in [1.82, 2.24) is 5.32 Å². The first-order valence-corrected chi connectivity index (χ1v) is 7.98. The van der Waals surface area contributed by atoms with E-state index in [0.717, 1.165) is 15.8 Å². The summed E-state index contributed by atoms with van der Waals surface area (Å²) in [6.07, 6.45) is 0. The number of para-hydroxylation sites is 1. The van der Waals surface area contributed by atoms with Crippen LogP contribution in [0.1, 0.15) is 26.3 Å². The molecule has 4 heteroatoms. The first kappa shape index (κ1) is 16.3. The molecule has 0 amide bonds. The minimum absolute atomic E-state index is 0.0371. The molecule has 0 saturated heterocycles. The van der Waals surface area contributed by atoms with Crippen molar-refractivity contribution in [2.45, 2.75) is 32.9 Å². The Morgan fingerprint density at radius 2 is 1.86 bits per heavy atom. The molecule has 0 atom stereocenters. The van der Waals surface area contributed by atoms with Gasteiger partial charge in [-0.05, 0) is 45.0 Å². The highest BCUT2D eigenvalue weighted by Crippen LogP contribution is 2.34. The highest BCUT2D eigenvalue weighted by Gasteiger charge is 2.13. The zero-order valence-corrected chi connectivity index (χ0v) is 14.8. The topological polar surface area (TPSA) is 21.3 Å². The van der Waals surface area contributed by atoms with E-state index in [9.17, 15) is 0 Å². The van der Waals surface area contributed by atoms with Crippen molar-refractivity contribution in [3.8, 4) is 11.5 Å². The lowest BCUT2D eigenvalue weighted by Gasteiger charge is -2.22. The molecule has 21 heavy (non-hydrogen) atoms. The van der Waals surface area contributed by atoms with E-state index >= 15 is 0 Å². The van der Waals surface area contributed by atoms with Crippen LogP contribution in [0.2, 0.25) is 5.02 Å². The Balaban J connectivity index is 2.25. The molecule has 0 aliphatic carbocycles. The fraction of sp³-hybridized carbons (Fsp3) is 0.294. The summed E-state index contributed by atoms with van der Waals surface area (Å²) in [5.41, 5.74) is 1.08. The molecule has 2 aromatic carbocycles. The summed E-state index contributed by atoms with van der Waals surface area (Å²) in [5.74, 6) is 1.46. The molecule has 0 unspecified atom stereocenters. The molecular formula is C17H19BrClNO. The summed E-state index contributed by atoms with van der Waals surface area (Å²) >= 11 is 9.75. The van der Waals surface area contributed by atoms with Crippen molar-refractivity contribution < 1.29 is 4.74 Å². The van der Waals surface area contributed by atoms with Crippen LogP contribution in [-0.2, 0) is 6.54 Å². The van der Waals surface area contributed by atoms with E-state index in [-0.39, 0.29) is 5.54 Å². The molecule has 0 aliphatic heterocycles. The fourth-order valence-electron chi connectivity index (χ4n) is 1.82. The zero-order valence-electron chi connectivity index (χ0n) is 12.4. The quantitative estimate of drug-likeness (QED) is 0.738. The summed E-state index contributed by atoms with van der Waals surface area (Å²) in [6, 6.07) is 13.5. The Kier molecular flexibility index (Phi) is 5.31. The normalized spacial score (nSPS) is 11.5. The Hall–Kier alpha value is -1.03. The van der Waals surface area contributed by atoms with Gasteiger partial charge in [-0.25, -0.2) is 0 Å². The third-order valence-electron chi connectivity index (χ3n) is 2.87. The lowest BCUT2D eigenvalue weighted by Crippen LogP contribution is -2.35. The highest BCUT2D eigenvalue weighted by atomic mass is 79.9. The monoisotopic (exact) mass is 367 g/mol. The molecule has 1 N–H and O–H groups in total. The van der Waals surface area contributed by atoms with Crippen LogP contribution in [0.4, 0.5) is 0 Å². The molecule has 0 radical (unpaired) electrons. The Morgan fingerprint density at radius 1 is 1.14 bits per heavy atom. The van der Waals surface area contributed by atoms with Crippen LogP contribution >= 0.6 is 27.5 Å². The third-order valence-corrected chi connectivity index (χ3v) is 3.66. The highest BCUT2D eigenvalue weighted by molar-refractivity contribution is 9.10. The standard InChI is InChI=1S/C17H19BrClNO/c1-17(2,3)20-11-12-6-4-9-15(19)16(12)21-14-8-5-7-13(18)10-14/h4-10,20H,11H2,1-3H3. The largest absolute Gasteiger partial charge is 0.455 e. The summed E-state index contributed by atoms with van der Waals surface area (Å²) < 4.78 is 6.96. The van der Waals surface area contributed by atoms with Gasteiger partial charge in [-0.1, -0.05) is 45.7 Å². The van der Waals surface area contributed by atoms with Crippen molar-refractivity contribution in [1.29, 1.82) is 0 Å². The first-order valence-electron chi connectivity index (χ1n) is 6.81. The maximum atomic E-state index is 6.30. The van der Waals surface area contributed by atoms with Gasteiger partial charge in [-0.2, -0.15) is 0 Å². The number of rotatable bonds is 4. The van der Waals surface area contributed by atoms with Gasteiger partial charge in [0.2, 0.25) is 0 Å². The molecule has 0 aliphatic rings. The molecule has 2 nitrogen and oxygen atoms in total. The zero-order chi connectivity index (χ0) is 15.5. The van der Waals surface area contributed by atoms with E-state index in [1.54, 1.807) is 0 Å². The van der Waals surface area contributed by atoms with Gasteiger partial charge in [0.05, 0.1) is 5.02 Å². The molecule has 0 bridgehead atoms. The van der Waals surface area contributed by atoms with Crippen LogP contribution in [-0.4, -0.2) is 5.54 Å². The maximum Gasteiger partial charge on any atom is 0.150 e. The number of nitrogens with one attached hydrogen (secondary N) is 1. The minimum atomic E-state index is 0.0371. The lowest BCUT2D eigenvalue weighted by atomic mass is 10.1. The Bertz CT molecular complexity index is 622. The van der Waals surface area contributed by atoms with Crippen LogP contribution in [0, 0.1) is 0 Å². The van der Waals surface area contributed by atoms with Gasteiger partial charge in [0.25, 0.3) is 0 Å². The van der Waals surface area contributed by atoms with Crippen LogP contribution in [0.3, 0.4) is 0 Å². The average Bonchev–Trinajstić information content (AvgIpc) is 2.39. The van der Waals surface area contributed by atoms with Crippen molar-refractivity contribution in [2.24, 2.45) is 0 Å². The summed E-state index contributed by atoms with van der Waals surface area (Å²) in [5, 5.41) is 4.07. The second kappa shape index (κ2) is 6.82. The predicted molar refractivity (Wildman–Crippen MR) is 92.3 cm³/mol. The Morgan fingerprint density at radius 3 is 2.52 bits per heavy atom. The number of ether oxygens (including phenoxy) is 1. The fourth-order valence-corrected chi connectivity index (χ4v) is 2.43. The summed E-state index contributed by atoms with van der Waals surface area (Å²) in [7, 11) is 0. The van der Waals surface area contributed by atoms with Crippen molar-refractivity contribution >= 4 is 27.5 Å². The van der Waals surface area contributed by atoms with Crippen molar-refractivity contribution in [3.05, 3.63) is 57.5 Å². The first-order chi connectivity index (χ1) is 9.85. The number of halogens is 2. The summed E-state index contributed by atoms with van der Waals surface area (Å²) in [6.45, 7) is 7.10. The van der Waals surface area contributed by atoms with Gasteiger partial charge < -0.3 is 10.1 Å². The smallest absolute Gasteiger partial charge is 0.150 e. The number of benzene rings is 2. The predicted octanol–water partition coefficient (Wildman–Crippen LogP) is 5.78. The van der Waals surface area contributed by atoms with E-state index in [0.29, 0.717) is 17.3 Å². The van der Waals surface area contributed by atoms with Gasteiger partial charge >= 0.3 is 0 Å². The lowest BCUT2D eigenvalue weighted by molar-refractivity contribution is 0.414. The van der Waals surface area contributed by atoms with Crippen LogP contribution in [0.5, 0.6) is 11.5 Å².